The molecule has 1 saturated heterocycles. The number of benzene rings is 1. The molecule has 1 fully saturated rings. The fraction of sp³-hybridized carbons (Fsp3) is 0.500. The number of rotatable bonds is 3. The molecular formula is C16H22N4. The van der Waals surface area contributed by atoms with Gasteiger partial charge < -0.3 is 0 Å². The highest BCUT2D eigenvalue weighted by atomic mass is 15.5. The van der Waals surface area contributed by atoms with Gasteiger partial charge in [-0.25, -0.2) is 15.4 Å². The van der Waals surface area contributed by atoms with E-state index >= 15 is 0 Å². The number of hydrazine groups is 1. The highest BCUT2D eigenvalue weighted by Crippen LogP contribution is 2.20. The third kappa shape index (κ3) is 2.81. The standard InChI is InChI=1S/C16H22N4/c1-12-6-5-7-13(2)20(12)18-11-14-10-17-15-8-3-4-9-16(15)19-14/h3-4,8-10,12-13,18H,5-7,11H2,1-2H3. The molecule has 0 radical (unpaired) electrons. The number of aromatic nitrogens is 2. The van der Waals surface area contributed by atoms with Gasteiger partial charge in [-0.2, -0.15) is 0 Å². The van der Waals surface area contributed by atoms with Gasteiger partial charge in [-0.05, 0) is 38.8 Å². The molecule has 2 atom stereocenters. The molecule has 0 amide bonds. The van der Waals surface area contributed by atoms with E-state index < -0.39 is 0 Å². The predicted octanol–water partition coefficient (Wildman–Crippen LogP) is 2.90. The van der Waals surface area contributed by atoms with Gasteiger partial charge >= 0.3 is 0 Å². The molecule has 106 valence electrons. The Balaban J connectivity index is 1.70. The smallest absolute Gasteiger partial charge is 0.0890 e. The second kappa shape index (κ2) is 5.85. The Kier molecular flexibility index (Phi) is 3.94. The Morgan fingerprint density at radius 1 is 1.15 bits per heavy atom. The Bertz CT molecular complexity index is 573. The number of hydrogen-bond acceptors (Lipinski definition) is 4. The molecule has 0 saturated carbocycles. The van der Waals surface area contributed by atoms with E-state index in [9.17, 15) is 0 Å². The van der Waals surface area contributed by atoms with Gasteiger partial charge in [-0.15, -0.1) is 0 Å². The van der Waals surface area contributed by atoms with Crippen LogP contribution in [0.15, 0.2) is 30.5 Å². The molecule has 1 aromatic heterocycles. The van der Waals surface area contributed by atoms with E-state index in [0.29, 0.717) is 12.1 Å². The van der Waals surface area contributed by atoms with E-state index in [2.05, 4.69) is 34.3 Å². The van der Waals surface area contributed by atoms with Gasteiger partial charge in [0.25, 0.3) is 0 Å². The van der Waals surface area contributed by atoms with Gasteiger partial charge in [0.05, 0.1) is 29.5 Å². The molecule has 4 nitrogen and oxygen atoms in total. The van der Waals surface area contributed by atoms with Crippen LogP contribution < -0.4 is 5.43 Å². The van der Waals surface area contributed by atoms with Crippen molar-refractivity contribution in [2.45, 2.75) is 51.7 Å². The lowest BCUT2D eigenvalue weighted by atomic mass is 10.00. The predicted molar refractivity (Wildman–Crippen MR) is 81.0 cm³/mol. The Labute approximate surface area is 120 Å². The number of fused-ring (bicyclic) bond motifs is 1. The van der Waals surface area contributed by atoms with Crippen molar-refractivity contribution in [1.29, 1.82) is 0 Å². The normalized spacial score (nSPS) is 24.1. The molecule has 2 heterocycles. The summed E-state index contributed by atoms with van der Waals surface area (Å²) in [5.41, 5.74) is 6.45. The second-order valence-corrected chi connectivity index (χ2v) is 5.72. The van der Waals surface area contributed by atoms with E-state index in [1.807, 2.05) is 30.5 Å². The third-order valence-electron chi connectivity index (χ3n) is 4.13. The maximum Gasteiger partial charge on any atom is 0.0890 e. The molecule has 1 N–H and O–H groups in total. The molecule has 2 unspecified atom stereocenters. The van der Waals surface area contributed by atoms with E-state index in [1.165, 1.54) is 19.3 Å². The van der Waals surface area contributed by atoms with Crippen molar-refractivity contribution in [2.75, 3.05) is 0 Å². The van der Waals surface area contributed by atoms with Crippen LogP contribution in [-0.4, -0.2) is 27.1 Å². The number of para-hydroxylation sites is 2. The van der Waals surface area contributed by atoms with Crippen LogP contribution >= 0.6 is 0 Å². The first-order chi connectivity index (χ1) is 9.74. The van der Waals surface area contributed by atoms with Crippen molar-refractivity contribution in [3.8, 4) is 0 Å². The molecule has 1 aliphatic rings. The maximum atomic E-state index is 4.66. The number of nitrogens with one attached hydrogen (secondary N) is 1. The van der Waals surface area contributed by atoms with E-state index in [4.69, 9.17) is 0 Å². The zero-order valence-corrected chi connectivity index (χ0v) is 12.2. The molecule has 3 rings (SSSR count). The summed E-state index contributed by atoms with van der Waals surface area (Å²) in [7, 11) is 0. The molecule has 4 heteroatoms. The van der Waals surface area contributed by atoms with E-state index in [1.54, 1.807) is 0 Å². The van der Waals surface area contributed by atoms with Gasteiger partial charge in [-0.1, -0.05) is 18.6 Å². The molecule has 1 aliphatic heterocycles. The summed E-state index contributed by atoms with van der Waals surface area (Å²) in [4.78, 5) is 9.12. The summed E-state index contributed by atoms with van der Waals surface area (Å²) in [6.45, 7) is 5.32. The molecule has 20 heavy (non-hydrogen) atoms. The first kappa shape index (κ1) is 13.5. The second-order valence-electron chi connectivity index (χ2n) is 5.72. The molecule has 2 aromatic rings. The fourth-order valence-corrected chi connectivity index (χ4v) is 2.99. The highest BCUT2D eigenvalue weighted by molar-refractivity contribution is 5.73. The van der Waals surface area contributed by atoms with Crippen molar-refractivity contribution < 1.29 is 0 Å². The molecule has 1 aromatic carbocycles. The number of nitrogens with zero attached hydrogens (tertiary/aromatic N) is 3. The summed E-state index contributed by atoms with van der Waals surface area (Å²) in [5.74, 6) is 0. The number of hydrogen-bond donors (Lipinski definition) is 1. The van der Waals surface area contributed by atoms with Crippen LogP contribution in [0, 0.1) is 0 Å². The van der Waals surface area contributed by atoms with Gasteiger partial charge in [0, 0.05) is 12.1 Å². The zero-order chi connectivity index (χ0) is 13.9. The summed E-state index contributed by atoms with van der Waals surface area (Å²) in [6.07, 6.45) is 5.73. The van der Waals surface area contributed by atoms with Crippen molar-refractivity contribution in [3.63, 3.8) is 0 Å². The Morgan fingerprint density at radius 3 is 2.60 bits per heavy atom. The van der Waals surface area contributed by atoms with Crippen LogP contribution in [0.25, 0.3) is 11.0 Å². The van der Waals surface area contributed by atoms with Gasteiger partial charge in [0.15, 0.2) is 0 Å². The quantitative estimate of drug-likeness (QED) is 0.931. The lowest BCUT2D eigenvalue weighted by Crippen LogP contribution is -2.51. The van der Waals surface area contributed by atoms with Gasteiger partial charge in [0.1, 0.15) is 0 Å². The fourth-order valence-electron chi connectivity index (χ4n) is 2.99. The van der Waals surface area contributed by atoms with Crippen LogP contribution in [-0.2, 0) is 6.54 Å². The monoisotopic (exact) mass is 270 g/mol. The van der Waals surface area contributed by atoms with Crippen LogP contribution in [0.1, 0.15) is 38.8 Å². The minimum absolute atomic E-state index is 0.590. The first-order valence-electron chi connectivity index (χ1n) is 7.46. The molecule has 0 bridgehead atoms. The van der Waals surface area contributed by atoms with Gasteiger partial charge in [-0.3, -0.25) is 4.98 Å². The summed E-state index contributed by atoms with van der Waals surface area (Å²) in [5, 5.41) is 2.38. The summed E-state index contributed by atoms with van der Waals surface area (Å²) < 4.78 is 0. The van der Waals surface area contributed by atoms with Crippen LogP contribution in [0.5, 0.6) is 0 Å². The minimum Gasteiger partial charge on any atom is -0.253 e. The maximum absolute atomic E-state index is 4.66. The van der Waals surface area contributed by atoms with Gasteiger partial charge in [0.2, 0.25) is 0 Å². The summed E-state index contributed by atoms with van der Waals surface area (Å²) in [6, 6.07) is 9.18. The van der Waals surface area contributed by atoms with Crippen LogP contribution in [0.3, 0.4) is 0 Å². The zero-order valence-electron chi connectivity index (χ0n) is 12.2. The first-order valence-corrected chi connectivity index (χ1v) is 7.46. The summed E-state index contributed by atoms with van der Waals surface area (Å²) >= 11 is 0. The lowest BCUT2D eigenvalue weighted by molar-refractivity contribution is 0.0431. The van der Waals surface area contributed by atoms with E-state index in [-0.39, 0.29) is 0 Å². The average Bonchev–Trinajstić information content (AvgIpc) is 2.46. The molecule has 0 spiro atoms. The van der Waals surface area contributed by atoms with Crippen molar-refractivity contribution in [1.82, 2.24) is 20.4 Å². The molecular weight excluding hydrogens is 248 g/mol. The molecule has 0 aliphatic carbocycles. The van der Waals surface area contributed by atoms with Crippen molar-refractivity contribution >= 4 is 11.0 Å². The minimum atomic E-state index is 0.590. The lowest BCUT2D eigenvalue weighted by Gasteiger charge is -2.39. The van der Waals surface area contributed by atoms with Crippen molar-refractivity contribution in [2.24, 2.45) is 0 Å². The van der Waals surface area contributed by atoms with E-state index in [0.717, 1.165) is 23.3 Å². The SMILES string of the molecule is CC1CCCC(C)N1NCc1cnc2ccccc2n1. The third-order valence-corrected chi connectivity index (χ3v) is 4.13. The highest BCUT2D eigenvalue weighted by Gasteiger charge is 2.24. The van der Waals surface area contributed by atoms with Crippen LogP contribution in [0.2, 0.25) is 0 Å². The number of piperidine rings is 1. The average molecular weight is 270 g/mol. The largest absolute Gasteiger partial charge is 0.253 e. The topological polar surface area (TPSA) is 41.0 Å². The Morgan fingerprint density at radius 2 is 1.85 bits per heavy atom. The van der Waals surface area contributed by atoms with Crippen LogP contribution in [0.4, 0.5) is 0 Å². The van der Waals surface area contributed by atoms with Crippen molar-refractivity contribution in [3.05, 3.63) is 36.2 Å². The Hall–Kier alpha value is -1.52.